The van der Waals surface area contributed by atoms with Crippen molar-refractivity contribution >= 4 is 23.3 Å². The van der Waals surface area contributed by atoms with E-state index in [4.69, 9.17) is 16.3 Å². The number of hydrogen-bond acceptors (Lipinski definition) is 3. The van der Waals surface area contributed by atoms with E-state index in [0.717, 1.165) is 5.69 Å². The Morgan fingerprint density at radius 2 is 1.92 bits per heavy atom. The van der Waals surface area contributed by atoms with Gasteiger partial charge in [0.05, 0.1) is 23.8 Å². The number of nitrogens with one attached hydrogen (secondary N) is 1. The Morgan fingerprint density at radius 3 is 2.62 bits per heavy atom. The number of aromatic nitrogens is 2. The van der Waals surface area contributed by atoms with Gasteiger partial charge in [0.25, 0.3) is 0 Å². The minimum atomic E-state index is -0.506. The van der Waals surface area contributed by atoms with Crippen molar-refractivity contribution in [2.24, 2.45) is 4.99 Å². The number of para-hydroxylation sites is 1. The predicted molar refractivity (Wildman–Crippen MR) is 101 cm³/mol. The monoisotopic (exact) mass is 368 g/mol. The summed E-state index contributed by atoms with van der Waals surface area (Å²) in [5, 5.41) is 8.01. The molecule has 2 amide bonds. The molecule has 26 heavy (non-hydrogen) atoms. The number of amides is 2. The molecule has 3 aromatic rings. The van der Waals surface area contributed by atoms with Crippen molar-refractivity contribution < 1.29 is 9.53 Å². The van der Waals surface area contributed by atoms with E-state index >= 15 is 0 Å². The van der Waals surface area contributed by atoms with Gasteiger partial charge in [0, 0.05) is 16.8 Å². The van der Waals surface area contributed by atoms with E-state index in [2.05, 4.69) is 15.4 Å². The lowest BCUT2D eigenvalue weighted by Crippen LogP contribution is -2.17. The van der Waals surface area contributed by atoms with Crippen LogP contribution in [0.25, 0.3) is 5.69 Å². The Bertz CT molecular complexity index is 953. The molecule has 0 spiro atoms. The van der Waals surface area contributed by atoms with Gasteiger partial charge < -0.3 is 10.1 Å². The summed E-state index contributed by atoms with van der Waals surface area (Å²) in [6.45, 7) is 2.35. The van der Waals surface area contributed by atoms with Gasteiger partial charge in [-0.3, -0.25) is 0 Å². The first-order chi connectivity index (χ1) is 12.7. The number of urea groups is 1. The zero-order chi connectivity index (χ0) is 18.4. The van der Waals surface area contributed by atoms with Crippen LogP contribution < -0.4 is 15.4 Å². The molecule has 132 valence electrons. The molecule has 0 aliphatic heterocycles. The van der Waals surface area contributed by atoms with E-state index in [9.17, 15) is 4.79 Å². The fourth-order valence-corrected chi connectivity index (χ4v) is 2.40. The molecule has 1 heterocycles. The summed E-state index contributed by atoms with van der Waals surface area (Å²) in [4.78, 5) is 16.1. The number of anilines is 1. The summed E-state index contributed by atoms with van der Waals surface area (Å²) in [6.07, 6.45) is 1.51. The smallest absolute Gasteiger partial charge is 0.345 e. The molecule has 0 aliphatic carbocycles. The summed E-state index contributed by atoms with van der Waals surface area (Å²) in [7, 11) is 0. The molecule has 3 rings (SSSR count). The number of carbonyl (C=O) groups excluding carboxylic acids is 1. The first-order valence-corrected chi connectivity index (χ1v) is 8.42. The molecule has 0 fully saturated rings. The van der Waals surface area contributed by atoms with Gasteiger partial charge in [0.2, 0.25) is 5.88 Å². The highest BCUT2D eigenvalue weighted by molar-refractivity contribution is 6.30. The van der Waals surface area contributed by atoms with E-state index in [1.807, 2.05) is 37.3 Å². The second-order valence-electron chi connectivity index (χ2n) is 5.28. The number of benzene rings is 2. The number of carbonyl (C=O) groups is 1. The SMILES string of the molecule is CCOc1cc(=NC(=O)Nc2ccc(Cl)cc2)cnn1-c1ccccc1. The van der Waals surface area contributed by atoms with Crippen LogP contribution in [0.4, 0.5) is 10.5 Å². The van der Waals surface area contributed by atoms with Gasteiger partial charge in [-0.15, -0.1) is 0 Å². The minimum absolute atomic E-state index is 0.395. The molecule has 0 saturated carbocycles. The lowest BCUT2D eigenvalue weighted by molar-refractivity contribution is 0.259. The average Bonchev–Trinajstić information content (AvgIpc) is 2.65. The van der Waals surface area contributed by atoms with Gasteiger partial charge in [-0.25, -0.2) is 9.48 Å². The van der Waals surface area contributed by atoms with Crippen molar-refractivity contribution in [2.45, 2.75) is 6.92 Å². The average molecular weight is 369 g/mol. The molecule has 0 radical (unpaired) electrons. The zero-order valence-corrected chi connectivity index (χ0v) is 14.8. The Hall–Kier alpha value is -3.12. The summed E-state index contributed by atoms with van der Waals surface area (Å²) >= 11 is 5.83. The van der Waals surface area contributed by atoms with E-state index < -0.39 is 6.03 Å². The van der Waals surface area contributed by atoms with Crippen LogP contribution in [-0.2, 0) is 0 Å². The molecule has 0 atom stereocenters. The zero-order valence-electron chi connectivity index (χ0n) is 14.1. The van der Waals surface area contributed by atoms with Gasteiger partial charge in [0.15, 0.2) is 0 Å². The summed E-state index contributed by atoms with van der Waals surface area (Å²) < 4.78 is 7.29. The topological polar surface area (TPSA) is 68.5 Å². The summed E-state index contributed by atoms with van der Waals surface area (Å²) in [5.74, 6) is 0.499. The van der Waals surface area contributed by atoms with E-state index in [-0.39, 0.29) is 0 Å². The third kappa shape index (κ3) is 4.49. The fourth-order valence-electron chi connectivity index (χ4n) is 2.28. The van der Waals surface area contributed by atoms with Gasteiger partial charge in [-0.1, -0.05) is 29.8 Å². The quantitative estimate of drug-likeness (QED) is 0.755. The van der Waals surface area contributed by atoms with Crippen molar-refractivity contribution in [3.63, 3.8) is 0 Å². The normalized spacial score (nSPS) is 11.2. The molecule has 7 heteroatoms. The molecule has 0 saturated heterocycles. The van der Waals surface area contributed by atoms with Crippen molar-refractivity contribution in [3.8, 4) is 11.6 Å². The van der Waals surface area contributed by atoms with Crippen LogP contribution in [0.5, 0.6) is 5.88 Å². The van der Waals surface area contributed by atoms with Crippen molar-refractivity contribution in [2.75, 3.05) is 11.9 Å². The van der Waals surface area contributed by atoms with Crippen LogP contribution in [0.2, 0.25) is 5.02 Å². The lowest BCUT2D eigenvalue weighted by atomic mass is 10.3. The number of halogens is 1. The second kappa shape index (κ2) is 8.31. The highest BCUT2D eigenvalue weighted by atomic mass is 35.5. The first kappa shape index (κ1) is 17.7. The van der Waals surface area contributed by atoms with Crippen LogP contribution in [-0.4, -0.2) is 22.4 Å². The fraction of sp³-hybridized carbons (Fsp3) is 0.105. The van der Waals surface area contributed by atoms with Crippen LogP contribution in [0.15, 0.2) is 71.9 Å². The molecular formula is C19H17ClN4O2. The van der Waals surface area contributed by atoms with Gasteiger partial charge >= 0.3 is 6.03 Å². The Kier molecular flexibility index (Phi) is 5.66. The number of rotatable bonds is 4. The van der Waals surface area contributed by atoms with Gasteiger partial charge in [-0.2, -0.15) is 10.1 Å². The summed E-state index contributed by atoms with van der Waals surface area (Å²) in [5.41, 5.74) is 1.46. The van der Waals surface area contributed by atoms with Crippen LogP contribution in [0.3, 0.4) is 0 Å². The molecule has 0 unspecified atom stereocenters. The van der Waals surface area contributed by atoms with Gasteiger partial charge in [-0.05, 0) is 43.3 Å². The minimum Gasteiger partial charge on any atom is -0.478 e. The number of nitrogens with zero attached hydrogens (tertiary/aromatic N) is 3. The Balaban J connectivity index is 1.87. The molecular weight excluding hydrogens is 352 g/mol. The summed E-state index contributed by atoms with van der Waals surface area (Å²) in [6, 6.07) is 17.5. The second-order valence-corrected chi connectivity index (χ2v) is 5.72. The Labute approximate surface area is 155 Å². The third-order valence-corrected chi connectivity index (χ3v) is 3.66. The Morgan fingerprint density at radius 1 is 1.19 bits per heavy atom. The van der Waals surface area contributed by atoms with E-state index in [1.165, 1.54) is 6.20 Å². The van der Waals surface area contributed by atoms with Crippen molar-refractivity contribution in [1.29, 1.82) is 0 Å². The van der Waals surface area contributed by atoms with Gasteiger partial charge in [0.1, 0.15) is 0 Å². The van der Waals surface area contributed by atoms with Crippen LogP contribution in [0, 0.1) is 0 Å². The molecule has 1 aromatic heterocycles. The number of hydrogen-bond donors (Lipinski definition) is 1. The highest BCUT2D eigenvalue weighted by Crippen LogP contribution is 2.15. The largest absolute Gasteiger partial charge is 0.478 e. The highest BCUT2D eigenvalue weighted by Gasteiger charge is 2.06. The first-order valence-electron chi connectivity index (χ1n) is 8.04. The van der Waals surface area contributed by atoms with E-state index in [1.54, 1.807) is 35.0 Å². The molecule has 6 nitrogen and oxygen atoms in total. The standard InChI is InChI=1S/C19H17ClN4O2/c1-2-26-18-12-16(13-21-24(18)17-6-4-3-5-7-17)23-19(25)22-15-10-8-14(20)9-11-15/h3-13H,2H2,1H3,(H,22,25). The van der Waals surface area contributed by atoms with E-state index in [0.29, 0.717) is 28.6 Å². The van der Waals surface area contributed by atoms with Crippen LogP contribution >= 0.6 is 11.6 Å². The molecule has 0 bridgehead atoms. The van der Waals surface area contributed by atoms with Crippen LogP contribution in [0.1, 0.15) is 6.92 Å². The maximum Gasteiger partial charge on any atom is 0.345 e. The maximum absolute atomic E-state index is 12.1. The van der Waals surface area contributed by atoms with Crippen molar-refractivity contribution in [3.05, 3.63) is 77.2 Å². The predicted octanol–water partition coefficient (Wildman–Crippen LogP) is 4.06. The van der Waals surface area contributed by atoms with Crippen molar-refractivity contribution in [1.82, 2.24) is 9.78 Å². The molecule has 2 aromatic carbocycles. The lowest BCUT2D eigenvalue weighted by Gasteiger charge is -2.11. The third-order valence-electron chi connectivity index (χ3n) is 3.40. The molecule has 1 N–H and O–H groups in total. The number of ether oxygens (including phenoxy) is 1. The molecule has 0 aliphatic rings. The maximum atomic E-state index is 12.1.